The number of benzene rings is 1. The standard InChI is InChI=1S/C17H23FN2O/c1-8(2)13-12(21)7-11-15(9(3)4)19-17(10(5)6)20-16(11)14(13)18/h7-10,21H,1-6H3. The van der Waals surface area contributed by atoms with Crippen LogP contribution in [0.5, 0.6) is 5.75 Å². The molecular weight excluding hydrogens is 267 g/mol. The van der Waals surface area contributed by atoms with Crippen LogP contribution in [-0.2, 0) is 0 Å². The van der Waals surface area contributed by atoms with Crippen LogP contribution >= 0.6 is 0 Å². The monoisotopic (exact) mass is 290 g/mol. The summed E-state index contributed by atoms with van der Waals surface area (Å²) < 4.78 is 14.8. The number of phenols is 1. The predicted molar refractivity (Wildman–Crippen MR) is 83.4 cm³/mol. The molecule has 0 spiro atoms. The Balaban J connectivity index is 2.91. The molecule has 0 unspecified atom stereocenters. The van der Waals surface area contributed by atoms with Gasteiger partial charge in [-0.2, -0.15) is 0 Å². The highest BCUT2D eigenvalue weighted by Gasteiger charge is 2.21. The molecule has 2 rings (SSSR count). The van der Waals surface area contributed by atoms with Gasteiger partial charge in [-0.15, -0.1) is 0 Å². The molecule has 0 radical (unpaired) electrons. The van der Waals surface area contributed by atoms with E-state index in [2.05, 4.69) is 9.97 Å². The molecule has 4 heteroatoms. The Morgan fingerprint density at radius 3 is 2.05 bits per heavy atom. The van der Waals surface area contributed by atoms with Crippen molar-refractivity contribution in [2.75, 3.05) is 0 Å². The molecule has 0 saturated carbocycles. The van der Waals surface area contributed by atoms with E-state index in [0.717, 1.165) is 5.69 Å². The van der Waals surface area contributed by atoms with Crippen LogP contribution in [0.2, 0.25) is 0 Å². The summed E-state index contributed by atoms with van der Waals surface area (Å²) in [6.07, 6.45) is 0. The fourth-order valence-electron chi connectivity index (χ4n) is 2.52. The molecule has 0 fully saturated rings. The second-order valence-corrected chi connectivity index (χ2v) is 6.45. The van der Waals surface area contributed by atoms with E-state index in [-0.39, 0.29) is 23.5 Å². The van der Waals surface area contributed by atoms with Crippen molar-refractivity contribution in [3.8, 4) is 5.75 Å². The molecule has 0 bridgehead atoms. The lowest BCUT2D eigenvalue weighted by Gasteiger charge is -2.17. The molecule has 1 aromatic carbocycles. The number of hydrogen-bond acceptors (Lipinski definition) is 3. The summed E-state index contributed by atoms with van der Waals surface area (Å²) in [5.41, 5.74) is 1.43. The predicted octanol–water partition coefficient (Wildman–Crippen LogP) is 4.84. The first-order valence-electron chi connectivity index (χ1n) is 7.46. The van der Waals surface area contributed by atoms with Gasteiger partial charge < -0.3 is 5.11 Å². The van der Waals surface area contributed by atoms with Crippen molar-refractivity contribution in [3.63, 3.8) is 0 Å². The van der Waals surface area contributed by atoms with E-state index < -0.39 is 5.82 Å². The molecule has 1 N–H and O–H groups in total. The van der Waals surface area contributed by atoms with Crippen molar-refractivity contribution in [1.82, 2.24) is 9.97 Å². The zero-order valence-corrected chi connectivity index (χ0v) is 13.5. The molecule has 0 atom stereocenters. The quantitative estimate of drug-likeness (QED) is 0.879. The number of halogens is 1. The maximum Gasteiger partial charge on any atom is 0.156 e. The summed E-state index contributed by atoms with van der Waals surface area (Å²) in [6.45, 7) is 11.7. The lowest BCUT2D eigenvalue weighted by atomic mass is 9.96. The Hall–Kier alpha value is -1.71. The van der Waals surface area contributed by atoms with Gasteiger partial charge in [0.15, 0.2) is 5.82 Å². The first-order valence-corrected chi connectivity index (χ1v) is 7.46. The highest BCUT2D eigenvalue weighted by atomic mass is 19.1. The van der Waals surface area contributed by atoms with Crippen LogP contribution in [-0.4, -0.2) is 15.1 Å². The average molecular weight is 290 g/mol. The molecule has 114 valence electrons. The maximum atomic E-state index is 14.8. The molecule has 0 aliphatic heterocycles. The van der Waals surface area contributed by atoms with Gasteiger partial charge in [-0.3, -0.25) is 0 Å². The van der Waals surface area contributed by atoms with Crippen LogP contribution in [0, 0.1) is 5.82 Å². The van der Waals surface area contributed by atoms with Crippen molar-refractivity contribution in [2.24, 2.45) is 0 Å². The maximum absolute atomic E-state index is 14.8. The Labute approximate surface area is 125 Å². The molecule has 1 aromatic heterocycles. The molecule has 3 nitrogen and oxygen atoms in total. The lowest BCUT2D eigenvalue weighted by Crippen LogP contribution is -2.07. The first-order chi connectivity index (χ1) is 9.73. The van der Waals surface area contributed by atoms with Crippen LogP contribution in [0.3, 0.4) is 0 Å². The molecule has 0 amide bonds. The van der Waals surface area contributed by atoms with Crippen LogP contribution in [0.25, 0.3) is 10.9 Å². The van der Waals surface area contributed by atoms with E-state index in [9.17, 15) is 9.50 Å². The highest BCUT2D eigenvalue weighted by Crippen LogP contribution is 2.36. The van der Waals surface area contributed by atoms with Crippen LogP contribution in [0.1, 0.15) is 76.4 Å². The van der Waals surface area contributed by atoms with Crippen molar-refractivity contribution < 1.29 is 9.50 Å². The summed E-state index contributed by atoms with van der Waals surface area (Å²) in [4.78, 5) is 8.97. The van der Waals surface area contributed by atoms with Gasteiger partial charge in [-0.1, -0.05) is 41.5 Å². The van der Waals surface area contributed by atoms with Gasteiger partial charge in [0.2, 0.25) is 0 Å². The number of hydrogen-bond donors (Lipinski definition) is 1. The van der Waals surface area contributed by atoms with Crippen LogP contribution in [0.15, 0.2) is 6.07 Å². The van der Waals surface area contributed by atoms with E-state index in [4.69, 9.17) is 0 Å². The van der Waals surface area contributed by atoms with Crippen LogP contribution in [0.4, 0.5) is 4.39 Å². The van der Waals surface area contributed by atoms with Gasteiger partial charge in [-0.05, 0) is 17.9 Å². The van der Waals surface area contributed by atoms with E-state index >= 15 is 0 Å². The van der Waals surface area contributed by atoms with Crippen molar-refractivity contribution in [2.45, 2.75) is 59.3 Å². The van der Waals surface area contributed by atoms with Gasteiger partial charge in [0.05, 0.1) is 5.69 Å². The van der Waals surface area contributed by atoms with Gasteiger partial charge in [-0.25, -0.2) is 14.4 Å². The van der Waals surface area contributed by atoms with Crippen LogP contribution < -0.4 is 0 Å². The largest absolute Gasteiger partial charge is 0.508 e. The topological polar surface area (TPSA) is 46.0 Å². The van der Waals surface area contributed by atoms with E-state index in [1.165, 1.54) is 0 Å². The van der Waals surface area contributed by atoms with Crippen molar-refractivity contribution in [3.05, 3.63) is 29.0 Å². The molecule has 0 aliphatic rings. The number of nitrogens with zero attached hydrogens (tertiary/aromatic N) is 2. The molecule has 2 aromatic rings. The lowest BCUT2D eigenvalue weighted by molar-refractivity contribution is 0.455. The highest BCUT2D eigenvalue weighted by molar-refractivity contribution is 5.85. The second kappa shape index (κ2) is 5.58. The average Bonchev–Trinajstić information content (AvgIpc) is 2.36. The fraction of sp³-hybridized carbons (Fsp3) is 0.529. The smallest absolute Gasteiger partial charge is 0.156 e. The first kappa shape index (κ1) is 15.7. The minimum atomic E-state index is -0.425. The summed E-state index contributed by atoms with van der Waals surface area (Å²) >= 11 is 0. The minimum Gasteiger partial charge on any atom is -0.508 e. The SMILES string of the molecule is CC(C)c1nc(C(C)C)c2cc(O)c(C(C)C)c(F)c2n1. The van der Waals surface area contributed by atoms with E-state index in [0.29, 0.717) is 22.3 Å². The third kappa shape index (κ3) is 2.71. The molecule has 0 saturated heterocycles. The summed E-state index contributed by atoms with van der Waals surface area (Å²) in [5.74, 6) is 0.364. The third-order valence-electron chi connectivity index (χ3n) is 3.63. The Kier molecular flexibility index (Phi) is 4.17. The van der Waals surface area contributed by atoms with Gasteiger partial charge >= 0.3 is 0 Å². The Morgan fingerprint density at radius 1 is 0.952 bits per heavy atom. The zero-order chi connectivity index (χ0) is 15.9. The zero-order valence-electron chi connectivity index (χ0n) is 13.5. The fourth-order valence-corrected chi connectivity index (χ4v) is 2.52. The van der Waals surface area contributed by atoms with Gasteiger partial charge in [0.1, 0.15) is 17.1 Å². The number of aromatic hydroxyl groups is 1. The second-order valence-electron chi connectivity index (χ2n) is 6.45. The van der Waals surface area contributed by atoms with E-state index in [1.54, 1.807) is 6.07 Å². The third-order valence-corrected chi connectivity index (χ3v) is 3.63. The summed E-state index contributed by atoms with van der Waals surface area (Å²) in [7, 11) is 0. The molecule has 21 heavy (non-hydrogen) atoms. The Bertz CT molecular complexity index is 678. The summed E-state index contributed by atoms with van der Waals surface area (Å²) in [5, 5.41) is 10.8. The minimum absolute atomic E-state index is 0.0159. The number of fused-ring (bicyclic) bond motifs is 1. The summed E-state index contributed by atoms with van der Waals surface area (Å²) in [6, 6.07) is 1.60. The number of phenolic OH excluding ortho intramolecular Hbond substituents is 1. The number of aromatic nitrogens is 2. The molecule has 1 heterocycles. The molecule has 0 aliphatic carbocycles. The van der Waals surface area contributed by atoms with Crippen molar-refractivity contribution in [1.29, 1.82) is 0 Å². The normalized spacial score (nSPS) is 12.1. The number of rotatable bonds is 3. The van der Waals surface area contributed by atoms with Gasteiger partial charge in [0, 0.05) is 16.9 Å². The molecular formula is C17H23FN2O. The Morgan fingerprint density at radius 2 is 1.57 bits per heavy atom. The van der Waals surface area contributed by atoms with Crippen molar-refractivity contribution >= 4 is 10.9 Å². The van der Waals surface area contributed by atoms with E-state index in [1.807, 2.05) is 41.5 Å². The van der Waals surface area contributed by atoms with Gasteiger partial charge in [0.25, 0.3) is 0 Å².